The fraction of sp³-hybridized carbons (Fsp3) is 0.462. The molecule has 2 rings (SSSR count). The molecular formula is C13H18N4O2. The minimum Gasteiger partial charge on any atom is -0.333 e. The van der Waals surface area contributed by atoms with Gasteiger partial charge in [0.15, 0.2) is 0 Å². The Morgan fingerprint density at radius 2 is 2.16 bits per heavy atom. The van der Waals surface area contributed by atoms with Gasteiger partial charge in [-0.05, 0) is 32.0 Å². The Labute approximate surface area is 112 Å². The van der Waals surface area contributed by atoms with Gasteiger partial charge < -0.3 is 15.5 Å². The van der Waals surface area contributed by atoms with E-state index in [-0.39, 0.29) is 0 Å². The zero-order valence-corrected chi connectivity index (χ0v) is 11.0. The monoisotopic (exact) mass is 262 g/mol. The smallest absolute Gasteiger partial charge is 0.315 e. The predicted octanol–water partition coefficient (Wildman–Crippen LogP) is 0.150. The fourth-order valence-electron chi connectivity index (χ4n) is 1.97. The molecule has 0 bridgehead atoms. The van der Waals surface area contributed by atoms with Crippen LogP contribution in [-0.2, 0) is 9.59 Å². The molecule has 6 heteroatoms. The van der Waals surface area contributed by atoms with E-state index in [2.05, 4.69) is 15.6 Å². The Morgan fingerprint density at radius 1 is 1.32 bits per heavy atom. The van der Waals surface area contributed by atoms with Gasteiger partial charge in [0.1, 0.15) is 5.82 Å². The molecule has 1 aromatic rings. The molecule has 0 aromatic carbocycles. The Morgan fingerprint density at radius 3 is 2.95 bits per heavy atom. The number of amides is 2. The lowest BCUT2D eigenvalue weighted by molar-refractivity contribution is -0.143. The van der Waals surface area contributed by atoms with Gasteiger partial charge in [-0.3, -0.25) is 9.59 Å². The topological polar surface area (TPSA) is 74.3 Å². The third-order valence-electron chi connectivity index (χ3n) is 2.95. The molecule has 0 atom stereocenters. The van der Waals surface area contributed by atoms with Crippen molar-refractivity contribution >= 4 is 17.6 Å². The third-order valence-corrected chi connectivity index (χ3v) is 2.95. The summed E-state index contributed by atoms with van der Waals surface area (Å²) in [6.45, 7) is 4.61. The van der Waals surface area contributed by atoms with E-state index in [1.165, 1.54) is 0 Å². The predicted molar refractivity (Wildman–Crippen MR) is 71.7 cm³/mol. The first kappa shape index (κ1) is 13.5. The number of hydrogen-bond acceptors (Lipinski definition) is 4. The van der Waals surface area contributed by atoms with E-state index in [0.29, 0.717) is 18.9 Å². The number of aromatic nitrogens is 1. The van der Waals surface area contributed by atoms with Crippen molar-refractivity contribution in [2.45, 2.75) is 13.3 Å². The minimum absolute atomic E-state index is 0.409. The average Bonchev–Trinajstić information content (AvgIpc) is 2.66. The van der Waals surface area contributed by atoms with E-state index >= 15 is 0 Å². The van der Waals surface area contributed by atoms with Crippen LogP contribution in [0.25, 0.3) is 0 Å². The Kier molecular flexibility index (Phi) is 4.46. The standard InChI is InChI=1S/C13H18N4O2/c1-10-4-2-5-11(15-10)16-12(18)13(19)17-8-3-6-14-7-9-17/h2,4-5,14H,3,6-9H2,1H3,(H,15,16,18). The van der Waals surface area contributed by atoms with Crippen LogP contribution < -0.4 is 10.6 Å². The van der Waals surface area contributed by atoms with Crippen LogP contribution >= 0.6 is 0 Å². The molecule has 19 heavy (non-hydrogen) atoms. The van der Waals surface area contributed by atoms with Gasteiger partial charge in [-0.1, -0.05) is 6.07 Å². The summed E-state index contributed by atoms with van der Waals surface area (Å²) >= 11 is 0. The fourth-order valence-corrected chi connectivity index (χ4v) is 1.97. The van der Waals surface area contributed by atoms with Crippen LogP contribution in [0.4, 0.5) is 5.82 Å². The van der Waals surface area contributed by atoms with Crippen molar-refractivity contribution in [3.8, 4) is 0 Å². The normalized spacial score (nSPS) is 15.7. The summed E-state index contributed by atoms with van der Waals surface area (Å²) in [7, 11) is 0. The van der Waals surface area contributed by atoms with Crippen LogP contribution in [0.3, 0.4) is 0 Å². The molecular weight excluding hydrogens is 244 g/mol. The lowest BCUT2D eigenvalue weighted by Crippen LogP contribution is -2.41. The van der Waals surface area contributed by atoms with E-state index in [4.69, 9.17) is 0 Å². The molecule has 0 spiro atoms. The summed E-state index contributed by atoms with van der Waals surface area (Å²) in [4.78, 5) is 29.6. The lowest BCUT2D eigenvalue weighted by Gasteiger charge is -2.18. The molecule has 2 heterocycles. The highest BCUT2D eigenvalue weighted by molar-refractivity contribution is 6.39. The molecule has 102 valence electrons. The average molecular weight is 262 g/mol. The maximum Gasteiger partial charge on any atom is 0.315 e. The summed E-state index contributed by atoms with van der Waals surface area (Å²) in [6, 6.07) is 5.29. The second-order valence-electron chi connectivity index (χ2n) is 4.51. The first-order chi connectivity index (χ1) is 9.16. The third kappa shape index (κ3) is 3.75. The Bertz CT molecular complexity index is 467. The van der Waals surface area contributed by atoms with Gasteiger partial charge in [0.05, 0.1) is 0 Å². The van der Waals surface area contributed by atoms with Crippen molar-refractivity contribution in [3.63, 3.8) is 0 Å². The van der Waals surface area contributed by atoms with Crippen LogP contribution in [0, 0.1) is 6.92 Å². The van der Waals surface area contributed by atoms with Crippen LogP contribution in [0.5, 0.6) is 0 Å². The van der Waals surface area contributed by atoms with Crippen molar-refractivity contribution in [2.75, 3.05) is 31.5 Å². The minimum atomic E-state index is -0.625. The van der Waals surface area contributed by atoms with E-state index < -0.39 is 11.8 Å². The number of rotatable bonds is 1. The maximum atomic E-state index is 12.0. The summed E-state index contributed by atoms with van der Waals surface area (Å²) in [5, 5.41) is 5.73. The molecule has 0 radical (unpaired) electrons. The zero-order chi connectivity index (χ0) is 13.7. The zero-order valence-electron chi connectivity index (χ0n) is 11.0. The molecule has 0 unspecified atom stereocenters. The van der Waals surface area contributed by atoms with Crippen molar-refractivity contribution in [1.82, 2.24) is 15.2 Å². The molecule has 1 aromatic heterocycles. The molecule has 1 aliphatic heterocycles. The number of nitrogens with one attached hydrogen (secondary N) is 2. The molecule has 1 aliphatic rings. The number of anilines is 1. The number of nitrogens with zero attached hydrogens (tertiary/aromatic N) is 2. The van der Waals surface area contributed by atoms with Crippen LogP contribution in [0.2, 0.25) is 0 Å². The van der Waals surface area contributed by atoms with Crippen LogP contribution in [0.15, 0.2) is 18.2 Å². The van der Waals surface area contributed by atoms with Crippen molar-refractivity contribution in [1.29, 1.82) is 0 Å². The molecule has 1 fully saturated rings. The van der Waals surface area contributed by atoms with E-state index in [1.807, 2.05) is 13.0 Å². The molecule has 2 N–H and O–H groups in total. The lowest BCUT2D eigenvalue weighted by atomic mass is 10.3. The van der Waals surface area contributed by atoms with Crippen molar-refractivity contribution < 1.29 is 9.59 Å². The summed E-state index contributed by atoms with van der Waals surface area (Å²) in [5.41, 5.74) is 0.796. The first-order valence-corrected chi connectivity index (χ1v) is 6.41. The van der Waals surface area contributed by atoms with Gasteiger partial charge in [0, 0.05) is 25.3 Å². The Hall–Kier alpha value is -1.95. The van der Waals surface area contributed by atoms with Crippen LogP contribution in [-0.4, -0.2) is 47.9 Å². The van der Waals surface area contributed by atoms with Gasteiger partial charge >= 0.3 is 11.8 Å². The SMILES string of the molecule is Cc1cccc(NC(=O)C(=O)N2CCCNCC2)n1. The first-order valence-electron chi connectivity index (χ1n) is 6.41. The second-order valence-corrected chi connectivity index (χ2v) is 4.51. The van der Waals surface area contributed by atoms with Crippen molar-refractivity contribution in [3.05, 3.63) is 23.9 Å². The number of carbonyl (C=O) groups is 2. The van der Waals surface area contributed by atoms with Gasteiger partial charge in [-0.15, -0.1) is 0 Å². The molecule has 0 aliphatic carbocycles. The highest BCUT2D eigenvalue weighted by Crippen LogP contribution is 2.05. The largest absolute Gasteiger partial charge is 0.333 e. The quantitative estimate of drug-likeness (QED) is 0.707. The van der Waals surface area contributed by atoms with Gasteiger partial charge in [-0.25, -0.2) is 4.98 Å². The van der Waals surface area contributed by atoms with E-state index in [1.54, 1.807) is 17.0 Å². The molecule has 1 saturated heterocycles. The number of carbonyl (C=O) groups excluding carboxylic acids is 2. The van der Waals surface area contributed by atoms with Gasteiger partial charge in [-0.2, -0.15) is 0 Å². The number of hydrogen-bond donors (Lipinski definition) is 2. The highest BCUT2D eigenvalue weighted by atomic mass is 16.2. The van der Waals surface area contributed by atoms with Crippen molar-refractivity contribution in [2.24, 2.45) is 0 Å². The second kappa shape index (κ2) is 6.29. The van der Waals surface area contributed by atoms with E-state index in [0.717, 1.165) is 25.2 Å². The number of aryl methyl sites for hydroxylation is 1. The highest BCUT2D eigenvalue weighted by Gasteiger charge is 2.22. The number of pyridine rings is 1. The molecule has 6 nitrogen and oxygen atoms in total. The summed E-state index contributed by atoms with van der Waals surface area (Å²) < 4.78 is 0. The molecule has 2 amide bonds. The van der Waals surface area contributed by atoms with Gasteiger partial charge in [0.2, 0.25) is 0 Å². The van der Waals surface area contributed by atoms with Gasteiger partial charge in [0.25, 0.3) is 0 Å². The van der Waals surface area contributed by atoms with Crippen LogP contribution in [0.1, 0.15) is 12.1 Å². The van der Waals surface area contributed by atoms with E-state index in [9.17, 15) is 9.59 Å². The Balaban J connectivity index is 1.97. The molecule has 0 saturated carbocycles. The summed E-state index contributed by atoms with van der Waals surface area (Å²) in [5.74, 6) is -0.710. The summed E-state index contributed by atoms with van der Waals surface area (Å²) in [6.07, 6.45) is 0.863. The maximum absolute atomic E-state index is 12.0.